The summed E-state index contributed by atoms with van der Waals surface area (Å²) >= 11 is 1.73. The largest absolute Gasteiger partial charge is 0.379 e. The van der Waals surface area contributed by atoms with Crippen LogP contribution in [-0.2, 0) is 20.0 Å². The van der Waals surface area contributed by atoms with Gasteiger partial charge in [0.2, 0.25) is 0 Å². The lowest BCUT2D eigenvalue weighted by molar-refractivity contribution is 0.714. The number of benzene rings is 1. The van der Waals surface area contributed by atoms with E-state index < -0.39 is 0 Å². The highest BCUT2D eigenvalue weighted by Crippen LogP contribution is 2.20. The first-order valence-corrected chi connectivity index (χ1v) is 8.14. The number of thiazole rings is 1. The highest BCUT2D eigenvalue weighted by atomic mass is 32.1. The summed E-state index contributed by atoms with van der Waals surface area (Å²) < 4.78 is 1.66. The van der Waals surface area contributed by atoms with Crippen LogP contribution in [0.5, 0.6) is 0 Å². The van der Waals surface area contributed by atoms with E-state index in [-0.39, 0.29) is 0 Å². The van der Waals surface area contributed by atoms with Crippen LogP contribution in [0.25, 0.3) is 11.4 Å². The second kappa shape index (κ2) is 6.65. The minimum Gasteiger partial charge on any atom is -0.379 e. The average Bonchev–Trinajstić information content (AvgIpc) is 3.15. The summed E-state index contributed by atoms with van der Waals surface area (Å²) in [5.41, 5.74) is 3.10. The molecule has 0 saturated heterocycles. The van der Waals surface area contributed by atoms with Gasteiger partial charge in [-0.3, -0.25) is 0 Å². The molecule has 0 unspecified atom stereocenters. The van der Waals surface area contributed by atoms with Gasteiger partial charge in [0.05, 0.1) is 17.2 Å². The zero-order valence-electron chi connectivity index (χ0n) is 12.7. The van der Waals surface area contributed by atoms with Gasteiger partial charge in [-0.05, 0) is 35.4 Å². The molecule has 2 aromatic heterocycles. The number of anilines is 1. The SMILES string of the molecule is CCCc1nc(CNc2cccc(-c3nnnn3C)c2)cs1. The lowest BCUT2D eigenvalue weighted by Gasteiger charge is -2.06. The van der Waals surface area contributed by atoms with Crippen LogP contribution >= 0.6 is 11.3 Å². The number of hydrogen-bond donors (Lipinski definition) is 1. The predicted octanol–water partition coefficient (Wildman–Crippen LogP) is 2.90. The Hall–Kier alpha value is -2.28. The lowest BCUT2D eigenvalue weighted by atomic mass is 10.2. The molecule has 0 radical (unpaired) electrons. The Kier molecular flexibility index (Phi) is 4.43. The van der Waals surface area contributed by atoms with Crippen molar-refractivity contribution in [3.63, 3.8) is 0 Å². The summed E-state index contributed by atoms with van der Waals surface area (Å²) in [6.07, 6.45) is 2.19. The van der Waals surface area contributed by atoms with Crippen LogP contribution in [0.15, 0.2) is 29.6 Å². The summed E-state index contributed by atoms with van der Waals surface area (Å²) in [5.74, 6) is 0.752. The maximum Gasteiger partial charge on any atom is 0.181 e. The number of tetrazole rings is 1. The van der Waals surface area contributed by atoms with Crippen molar-refractivity contribution in [1.29, 1.82) is 0 Å². The molecule has 0 saturated carbocycles. The van der Waals surface area contributed by atoms with Crippen LogP contribution in [0.4, 0.5) is 5.69 Å². The number of nitrogens with zero attached hydrogens (tertiary/aromatic N) is 5. The first kappa shape index (κ1) is 14.6. The van der Waals surface area contributed by atoms with Gasteiger partial charge >= 0.3 is 0 Å². The van der Waals surface area contributed by atoms with Crippen LogP contribution in [0.3, 0.4) is 0 Å². The number of nitrogens with one attached hydrogen (secondary N) is 1. The van der Waals surface area contributed by atoms with Crippen molar-refractivity contribution < 1.29 is 0 Å². The zero-order chi connectivity index (χ0) is 15.4. The second-order valence-electron chi connectivity index (χ2n) is 5.04. The molecule has 0 amide bonds. The van der Waals surface area contributed by atoms with Crippen molar-refractivity contribution in [1.82, 2.24) is 25.2 Å². The standard InChI is InChI=1S/C15H18N6S/c1-3-5-14-17-13(10-22-14)9-16-12-7-4-6-11(8-12)15-18-19-20-21(15)2/h4,6-8,10,16H,3,5,9H2,1-2H3. The molecule has 3 aromatic rings. The molecule has 3 rings (SSSR count). The van der Waals surface area contributed by atoms with Gasteiger partial charge in [0, 0.05) is 23.7 Å². The fourth-order valence-electron chi connectivity index (χ4n) is 2.19. The van der Waals surface area contributed by atoms with Crippen LogP contribution in [0, 0.1) is 0 Å². The molecule has 0 aliphatic heterocycles. The monoisotopic (exact) mass is 314 g/mol. The predicted molar refractivity (Wildman–Crippen MR) is 87.7 cm³/mol. The smallest absolute Gasteiger partial charge is 0.181 e. The van der Waals surface area contributed by atoms with E-state index in [2.05, 4.69) is 38.1 Å². The molecule has 114 valence electrons. The minimum absolute atomic E-state index is 0.723. The number of aryl methyl sites for hydroxylation is 2. The summed E-state index contributed by atoms with van der Waals surface area (Å²) in [6, 6.07) is 8.08. The van der Waals surface area contributed by atoms with Crippen molar-refractivity contribution >= 4 is 17.0 Å². The molecule has 0 fully saturated rings. The molecule has 6 nitrogen and oxygen atoms in total. The van der Waals surface area contributed by atoms with Crippen molar-refractivity contribution in [2.75, 3.05) is 5.32 Å². The van der Waals surface area contributed by atoms with E-state index in [9.17, 15) is 0 Å². The third-order valence-corrected chi connectivity index (χ3v) is 4.24. The highest BCUT2D eigenvalue weighted by Gasteiger charge is 2.07. The first-order chi connectivity index (χ1) is 10.8. The van der Waals surface area contributed by atoms with Crippen molar-refractivity contribution in [2.45, 2.75) is 26.3 Å². The van der Waals surface area contributed by atoms with E-state index in [0.717, 1.165) is 42.2 Å². The number of rotatable bonds is 6. The van der Waals surface area contributed by atoms with E-state index in [1.54, 1.807) is 16.0 Å². The Morgan fingerprint density at radius 1 is 1.32 bits per heavy atom. The normalized spacial score (nSPS) is 10.8. The molecule has 0 atom stereocenters. The van der Waals surface area contributed by atoms with Crippen LogP contribution in [0.2, 0.25) is 0 Å². The van der Waals surface area contributed by atoms with E-state index in [0.29, 0.717) is 0 Å². The Labute approximate surface area is 133 Å². The molecule has 0 spiro atoms. The van der Waals surface area contributed by atoms with Gasteiger partial charge in [-0.2, -0.15) is 0 Å². The Bertz CT molecular complexity index is 748. The molecular weight excluding hydrogens is 296 g/mol. The third kappa shape index (κ3) is 3.30. The topological polar surface area (TPSA) is 68.5 Å². The van der Waals surface area contributed by atoms with Crippen LogP contribution < -0.4 is 5.32 Å². The van der Waals surface area contributed by atoms with Gasteiger partial charge < -0.3 is 5.32 Å². The van der Waals surface area contributed by atoms with Crippen molar-refractivity contribution in [3.8, 4) is 11.4 Å². The summed E-state index contributed by atoms with van der Waals surface area (Å²) in [6.45, 7) is 2.90. The third-order valence-electron chi connectivity index (χ3n) is 3.28. The molecular formula is C15H18N6S. The van der Waals surface area contributed by atoms with Gasteiger partial charge in [-0.25, -0.2) is 9.67 Å². The van der Waals surface area contributed by atoms with Crippen LogP contribution in [-0.4, -0.2) is 25.2 Å². The summed E-state index contributed by atoms with van der Waals surface area (Å²) in [5, 5.41) is 18.3. The number of hydrogen-bond acceptors (Lipinski definition) is 6. The molecule has 1 aromatic carbocycles. The van der Waals surface area contributed by atoms with Crippen LogP contribution in [0.1, 0.15) is 24.0 Å². The molecule has 0 bridgehead atoms. The lowest BCUT2D eigenvalue weighted by Crippen LogP contribution is -2.01. The second-order valence-corrected chi connectivity index (χ2v) is 5.99. The molecule has 1 N–H and O–H groups in total. The van der Waals surface area contributed by atoms with E-state index >= 15 is 0 Å². The van der Waals surface area contributed by atoms with Gasteiger partial charge in [0.25, 0.3) is 0 Å². The summed E-state index contributed by atoms with van der Waals surface area (Å²) in [4.78, 5) is 4.62. The molecule has 2 heterocycles. The van der Waals surface area contributed by atoms with E-state index in [4.69, 9.17) is 0 Å². The van der Waals surface area contributed by atoms with Gasteiger partial charge in [-0.1, -0.05) is 19.1 Å². The Balaban J connectivity index is 1.69. The van der Waals surface area contributed by atoms with Gasteiger partial charge in [-0.15, -0.1) is 16.4 Å². The molecule has 22 heavy (non-hydrogen) atoms. The first-order valence-electron chi connectivity index (χ1n) is 7.26. The average molecular weight is 314 g/mol. The quantitative estimate of drug-likeness (QED) is 0.757. The molecule has 0 aliphatic rings. The maximum atomic E-state index is 4.62. The zero-order valence-corrected chi connectivity index (χ0v) is 13.5. The highest BCUT2D eigenvalue weighted by molar-refractivity contribution is 7.09. The molecule has 0 aliphatic carbocycles. The van der Waals surface area contributed by atoms with E-state index in [1.807, 2.05) is 31.3 Å². The van der Waals surface area contributed by atoms with Gasteiger partial charge in [0.15, 0.2) is 5.82 Å². The number of aromatic nitrogens is 5. The van der Waals surface area contributed by atoms with E-state index in [1.165, 1.54) is 5.01 Å². The fourth-order valence-corrected chi connectivity index (χ4v) is 3.09. The summed E-state index contributed by atoms with van der Waals surface area (Å²) in [7, 11) is 1.83. The minimum atomic E-state index is 0.723. The van der Waals surface area contributed by atoms with Crippen molar-refractivity contribution in [2.24, 2.45) is 7.05 Å². The van der Waals surface area contributed by atoms with Crippen molar-refractivity contribution in [3.05, 3.63) is 40.3 Å². The molecule has 7 heteroatoms. The Morgan fingerprint density at radius 2 is 2.23 bits per heavy atom. The van der Waals surface area contributed by atoms with Gasteiger partial charge in [0.1, 0.15) is 0 Å². The Morgan fingerprint density at radius 3 is 3.00 bits per heavy atom. The fraction of sp³-hybridized carbons (Fsp3) is 0.333. The maximum absolute atomic E-state index is 4.62.